The Labute approximate surface area is 143 Å². The molecule has 0 amide bonds. The predicted octanol–water partition coefficient (Wildman–Crippen LogP) is 2.61. The molecule has 4 heteroatoms. The molecule has 0 bridgehead atoms. The Bertz CT molecular complexity index is 746. The van der Waals surface area contributed by atoms with Crippen molar-refractivity contribution in [1.29, 1.82) is 0 Å². The highest BCUT2D eigenvalue weighted by atomic mass is 16.5. The number of aliphatic hydroxyl groups excluding tert-OH is 1. The third kappa shape index (κ3) is 2.38. The largest absolute Gasteiger partial charge is 0.497 e. The number of methoxy groups -OCH3 is 1. The van der Waals surface area contributed by atoms with Crippen LogP contribution in [-0.2, 0) is 13.0 Å². The van der Waals surface area contributed by atoms with Gasteiger partial charge in [-0.3, -0.25) is 4.90 Å². The summed E-state index contributed by atoms with van der Waals surface area (Å²) in [5.41, 5.74) is 4.93. The van der Waals surface area contributed by atoms with Gasteiger partial charge in [0, 0.05) is 30.4 Å². The van der Waals surface area contributed by atoms with Gasteiger partial charge in [-0.15, -0.1) is 0 Å². The molecule has 0 unspecified atom stereocenters. The molecule has 4 rings (SSSR count). The van der Waals surface area contributed by atoms with E-state index >= 15 is 0 Å². The summed E-state index contributed by atoms with van der Waals surface area (Å²) < 4.78 is 5.32. The lowest BCUT2D eigenvalue weighted by Gasteiger charge is -2.45. The van der Waals surface area contributed by atoms with Gasteiger partial charge in [-0.05, 0) is 42.8 Å². The Hall–Kier alpha value is -2.04. The highest BCUT2D eigenvalue weighted by Crippen LogP contribution is 2.43. The summed E-state index contributed by atoms with van der Waals surface area (Å²) in [5.74, 6) is 0.792. The number of piperazine rings is 1. The SMILES string of the molecule is COc1ccc(N2CCN(C)[C@H]3Cc4ccccc4[C@@H]32)c(CO)c1. The summed E-state index contributed by atoms with van der Waals surface area (Å²) in [4.78, 5) is 4.95. The fraction of sp³-hybridized carbons (Fsp3) is 0.400. The molecule has 126 valence electrons. The molecule has 1 saturated heterocycles. The monoisotopic (exact) mass is 324 g/mol. The Morgan fingerprint density at radius 3 is 2.79 bits per heavy atom. The van der Waals surface area contributed by atoms with Gasteiger partial charge in [0.2, 0.25) is 0 Å². The standard InChI is InChI=1S/C20H24N2O2/c1-21-9-10-22(18-8-7-16(24-2)11-15(18)13-23)20-17-6-4-3-5-14(17)12-19(20)21/h3-8,11,19-20,23H,9-10,12-13H2,1-2H3/t19-,20-/m0/s1. The van der Waals surface area contributed by atoms with Crippen molar-refractivity contribution in [1.82, 2.24) is 4.90 Å². The number of fused-ring (bicyclic) bond motifs is 3. The van der Waals surface area contributed by atoms with E-state index in [1.54, 1.807) is 7.11 Å². The number of ether oxygens (including phenoxy) is 1. The van der Waals surface area contributed by atoms with Crippen LogP contribution in [0, 0.1) is 0 Å². The lowest BCUT2D eigenvalue weighted by molar-refractivity contribution is 0.185. The van der Waals surface area contributed by atoms with Crippen molar-refractivity contribution >= 4 is 5.69 Å². The van der Waals surface area contributed by atoms with Crippen LogP contribution in [0.3, 0.4) is 0 Å². The molecule has 2 atom stereocenters. The molecular weight excluding hydrogens is 300 g/mol. The minimum atomic E-state index is 0.0257. The van der Waals surface area contributed by atoms with Crippen LogP contribution in [0.1, 0.15) is 22.7 Å². The minimum absolute atomic E-state index is 0.0257. The fourth-order valence-corrected chi connectivity index (χ4v) is 4.26. The first-order valence-electron chi connectivity index (χ1n) is 8.55. The smallest absolute Gasteiger partial charge is 0.119 e. The Kier molecular flexibility index (Phi) is 3.94. The van der Waals surface area contributed by atoms with Gasteiger partial charge in [-0.2, -0.15) is 0 Å². The molecule has 24 heavy (non-hydrogen) atoms. The summed E-state index contributed by atoms with van der Waals surface area (Å²) in [7, 11) is 3.89. The first-order valence-corrected chi connectivity index (χ1v) is 8.55. The van der Waals surface area contributed by atoms with Crippen molar-refractivity contribution in [2.75, 3.05) is 32.1 Å². The van der Waals surface area contributed by atoms with E-state index in [2.05, 4.69) is 47.2 Å². The number of benzene rings is 2. The lowest BCUT2D eigenvalue weighted by Crippen LogP contribution is -2.52. The summed E-state index contributed by atoms with van der Waals surface area (Å²) in [6.45, 7) is 2.02. The molecule has 0 saturated carbocycles. The molecule has 0 radical (unpaired) electrons. The van der Waals surface area contributed by atoms with E-state index in [0.717, 1.165) is 36.5 Å². The van der Waals surface area contributed by atoms with Crippen molar-refractivity contribution in [2.45, 2.75) is 25.1 Å². The second kappa shape index (κ2) is 6.11. The maximum atomic E-state index is 9.86. The van der Waals surface area contributed by atoms with E-state index in [-0.39, 0.29) is 6.61 Å². The van der Waals surface area contributed by atoms with Gasteiger partial charge in [-0.1, -0.05) is 24.3 Å². The van der Waals surface area contributed by atoms with Gasteiger partial charge < -0.3 is 14.7 Å². The normalized spacial score (nSPS) is 23.0. The molecular formula is C20H24N2O2. The lowest BCUT2D eigenvalue weighted by atomic mass is 9.99. The summed E-state index contributed by atoms with van der Waals surface area (Å²) >= 11 is 0. The molecule has 0 aromatic heterocycles. The first kappa shape index (κ1) is 15.5. The number of likely N-dealkylation sites (N-methyl/N-ethyl adjacent to an activating group) is 1. The highest BCUT2D eigenvalue weighted by Gasteiger charge is 2.42. The molecule has 4 nitrogen and oxygen atoms in total. The highest BCUT2D eigenvalue weighted by molar-refractivity contribution is 5.60. The maximum Gasteiger partial charge on any atom is 0.119 e. The van der Waals surface area contributed by atoms with Gasteiger partial charge in [0.15, 0.2) is 0 Å². The van der Waals surface area contributed by atoms with Crippen LogP contribution in [0.2, 0.25) is 0 Å². The molecule has 0 spiro atoms. The van der Waals surface area contributed by atoms with E-state index < -0.39 is 0 Å². The van der Waals surface area contributed by atoms with Gasteiger partial charge >= 0.3 is 0 Å². The van der Waals surface area contributed by atoms with Gasteiger partial charge in [0.1, 0.15) is 5.75 Å². The zero-order chi connectivity index (χ0) is 16.7. The second-order valence-electron chi connectivity index (χ2n) is 6.74. The Balaban J connectivity index is 1.78. The third-order valence-electron chi connectivity index (χ3n) is 5.53. The maximum absolute atomic E-state index is 9.86. The molecule has 2 aromatic carbocycles. The molecule has 1 fully saturated rings. The van der Waals surface area contributed by atoms with Crippen LogP contribution in [0.4, 0.5) is 5.69 Å². The van der Waals surface area contributed by atoms with E-state index in [1.165, 1.54) is 11.1 Å². The molecule has 1 heterocycles. The van der Waals surface area contributed by atoms with Crippen LogP contribution in [0.5, 0.6) is 5.75 Å². The van der Waals surface area contributed by atoms with E-state index in [1.807, 2.05) is 12.1 Å². The average Bonchev–Trinajstić information content (AvgIpc) is 3.02. The van der Waals surface area contributed by atoms with Gasteiger partial charge in [0.25, 0.3) is 0 Å². The van der Waals surface area contributed by atoms with E-state index in [0.29, 0.717) is 12.1 Å². The number of aliphatic hydroxyl groups is 1. The fourth-order valence-electron chi connectivity index (χ4n) is 4.26. The summed E-state index contributed by atoms with van der Waals surface area (Å²) in [6.07, 6.45) is 1.10. The number of nitrogens with zero attached hydrogens (tertiary/aromatic N) is 2. The molecule has 1 aliphatic carbocycles. The average molecular weight is 324 g/mol. The first-order chi connectivity index (χ1) is 11.7. The quantitative estimate of drug-likeness (QED) is 0.941. The zero-order valence-corrected chi connectivity index (χ0v) is 14.3. The number of hydrogen-bond donors (Lipinski definition) is 1. The van der Waals surface area contributed by atoms with Crippen molar-refractivity contribution in [3.8, 4) is 5.75 Å². The van der Waals surface area contributed by atoms with Crippen LogP contribution >= 0.6 is 0 Å². The second-order valence-corrected chi connectivity index (χ2v) is 6.74. The van der Waals surface area contributed by atoms with E-state index in [9.17, 15) is 5.11 Å². The van der Waals surface area contributed by atoms with Crippen LogP contribution < -0.4 is 9.64 Å². The van der Waals surface area contributed by atoms with Crippen molar-refractivity contribution in [3.63, 3.8) is 0 Å². The predicted molar refractivity (Wildman–Crippen MR) is 95.6 cm³/mol. The van der Waals surface area contributed by atoms with Crippen LogP contribution in [-0.4, -0.2) is 43.3 Å². The van der Waals surface area contributed by atoms with Crippen LogP contribution in [0.25, 0.3) is 0 Å². The Morgan fingerprint density at radius 2 is 2.00 bits per heavy atom. The number of anilines is 1. The third-order valence-corrected chi connectivity index (χ3v) is 5.53. The molecule has 2 aliphatic rings. The topological polar surface area (TPSA) is 35.9 Å². The minimum Gasteiger partial charge on any atom is -0.497 e. The number of hydrogen-bond acceptors (Lipinski definition) is 4. The van der Waals surface area contributed by atoms with Gasteiger partial charge in [0.05, 0.1) is 19.8 Å². The van der Waals surface area contributed by atoms with E-state index in [4.69, 9.17) is 4.74 Å². The summed E-state index contributed by atoms with van der Waals surface area (Å²) in [5, 5.41) is 9.86. The molecule has 1 N–H and O–H groups in total. The van der Waals surface area contributed by atoms with Crippen molar-refractivity contribution in [2.24, 2.45) is 0 Å². The zero-order valence-electron chi connectivity index (χ0n) is 14.3. The molecule has 2 aromatic rings. The number of rotatable bonds is 3. The van der Waals surface area contributed by atoms with Crippen molar-refractivity contribution in [3.05, 3.63) is 59.2 Å². The van der Waals surface area contributed by atoms with Gasteiger partial charge in [-0.25, -0.2) is 0 Å². The van der Waals surface area contributed by atoms with Crippen LogP contribution in [0.15, 0.2) is 42.5 Å². The molecule has 1 aliphatic heterocycles. The Morgan fingerprint density at radius 1 is 1.17 bits per heavy atom. The summed E-state index contributed by atoms with van der Waals surface area (Å²) in [6, 6.07) is 15.6. The van der Waals surface area contributed by atoms with Crippen molar-refractivity contribution < 1.29 is 9.84 Å².